The van der Waals surface area contributed by atoms with E-state index in [4.69, 9.17) is 14.2 Å². The predicted molar refractivity (Wildman–Crippen MR) is 137 cm³/mol. The summed E-state index contributed by atoms with van der Waals surface area (Å²) in [4.78, 5) is 16.9. The third-order valence-electron chi connectivity index (χ3n) is 6.32. The Balaban J connectivity index is 1.28. The molecule has 0 aliphatic heterocycles. The zero-order valence-electron chi connectivity index (χ0n) is 19.7. The maximum absolute atomic E-state index is 13.2. The van der Waals surface area contributed by atoms with Gasteiger partial charge in [0, 0.05) is 18.8 Å². The summed E-state index contributed by atoms with van der Waals surface area (Å²) < 4.78 is 28.2. The highest BCUT2D eigenvalue weighted by Crippen LogP contribution is 2.31. The molecule has 3 aromatic heterocycles. The first-order chi connectivity index (χ1) is 17.5. The minimum atomic E-state index is -0.248. The first-order valence-electron chi connectivity index (χ1n) is 11.5. The molecule has 3 heterocycles. The Kier molecular flexibility index (Phi) is 5.18. The molecule has 0 fully saturated rings. The molecule has 36 heavy (non-hydrogen) atoms. The summed E-state index contributed by atoms with van der Waals surface area (Å²) >= 11 is 0. The normalized spacial score (nSPS) is 11.4. The zero-order chi connectivity index (χ0) is 24.8. The van der Waals surface area contributed by atoms with Crippen LogP contribution in [0.5, 0.6) is 5.75 Å². The summed E-state index contributed by atoms with van der Waals surface area (Å²) in [6, 6.07) is 23.8. The van der Waals surface area contributed by atoms with Gasteiger partial charge in [-0.05, 0) is 60.0 Å². The summed E-state index contributed by atoms with van der Waals surface area (Å²) in [5.74, 6) is 0.421. The third-order valence-corrected chi connectivity index (χ3v) is 6.32. The Morgan fingerprint density at radius 3 is 2.39 bits per heavy atom. The first-order valence-corrected chi connectivity index (χ1v) is 11.5. The van der Waals surface area contributed by atoms with Crippen molar-refractivity contribution in [1.29, 1.82) is 0 Å². The van der Waals surface area contributed by atoms with E-state index in [1.807, 2.05) is 66.1 Å². The molecular formula is C29H22FN3O3. The third kappa shape index (κ3) is 3.75. The van der Waals surface area contributed by atoms with Crippen LogP contribution in [0.3, 0.4) is 0 Å². The number of nitrogens with zero attached hydrogens (tertiary/aromatic N) is 3. The number of pyridine rings is 1. The topological polar surface area (TPSA) is 61.7 Å². The molecule has 0 radical (unpaired) electrons. The van der Waals surface area contributed by atoms with Crippen molar-refractivity contribution in [2.45, 2.75) is 13.5 Å². The minimum absolute atomic E-state index is 0.159. The second-order valence-corrected chi connectivity index (χ2v) is 8.71. The van der Waals surface area contributed by atoms with Crippen LogP contribution < -0.4 is 10.3 Å². The van der Waals surface area contributed by atoms with Crippen molar-refractivity contribution in [3.8, 4) is 28.1 Å². The van der Waals surface area contributed by atoms with Crippen molar-refractivity contribution >= 4 is 16.6 Å². The second kappa shape index (κ2) is 8.53. The summed E-state index contributed by atoms with van der Waals surface area (Å²) in [6.45, 7) is 2.33. The summed E-state index contributed by atoms with van der Waals surface area (Å²) in [5, 5.41) is 0.544. The zero-order valence-corrected chi connectivity index (χ0v) is 19.7. The van der Waals surface area contributed by atoms with E-state index < -0.39 is 0 Å². The van der Waals surface area contributed by atoms with Crippen LogP contribution >= 0.6 is 0 Å². The molecule has 3 aromatic carbocycles. The number of aromatic nitrogens is 3. The van der Waals surface area contributed by atoms with Gasteiger partial charge in [-0.25, -0.2) is 9.37 Å². The second-order valence-electron chi connectivity index (χ2n) is 8.71. The van der Waals surface area contributed by atoms with Gasteiger partial charge in [0.15, 0.2) is 17.0 Å². The molecule has 0 amide bonds. The Hall–Kier alpha value is -4.65. The molecule has 7 heteroatoms. The standard InChI is InChI=1S/C29H22FN3O3/c1-18-27(22-11-14-24-26(16-22)36-32(2)29(24)34)33-15-3-4-25(28(33)31-18)35-17-19-5-7-20(8-6-19)21-9-12-23(30)13-10-21/h3-16H,17H2,1-2H3. The van der Waals surface area contributed by atoms with Gasteiger partial charge in [-0.1, -0.05) is 42.5 Å². The fourth-order valence-corrected chi connectivity index (χ4v) is 4.49. The van der Waals surface area contributed by atoms with Gasteiger partial charge in [0.05, 0.1) is 16.8 Å². The molecule has 6 rings (SSSR count). The lowest BCUT2D eigenvalue weighted by atomic mass is 10.0. The molecular weight excluding hydrogens is 457 g/mol. The van der Waals surface area contributed by atoms with Crippen molar-refractivity contribution in [2.75, 3.05) is 0 Å². The van der Waals surface area contributed by atoms with Crippen molar-refractivity contribution < 1.29 is 13.7 Å². The van der Waals surface area contributed by atoms with Gasteiger partial charge in [0.1, 0.15) is 12.4 Å². The van der Waals surface area contributed by atoms with Gasteiger partial charge < -0.3 is 9.26 Å². The van der Waals surface area contributed by atoms with Crippen LogP contribution in [0.4, 0.5) is 4.39 Å². The number of imidazole rings is 1. The van der Waals surface area contributed by atoms with E-state index >= 15 is 0 Å². The van der Waals surface area contributed by atoms with E-state index in [0.29, 0.717) is 29.0 Å². The Labute approximate surface area is 205 Å². The maximum atomic E-state index is 13.2. The van der Waals surface area contributed by atoms with Crippen molar-refractivity contribution in [2.24, 2.45) is 7.05 Å². The van der Waals surface area contributed by atoms with Crippen LogP contribution in [0, 0.1) is 12.7 Å². The number of benzene rings is 3. The summed E-state index contributed by atoms with van der Waals surface area (Å²) in [7, 11) is 1.60. The molecule has 0 aliphatic rings. The van der Waals surface area contributed by atoms with Crippen LogP contribution in [0.15, 0.2) is 94.4 Å². The molecule has 0 aliphatic carbocycles. The van der Waals surface area contributed by atoms with E-state index in [1.165, 1.54) is 16.9 Å². The molecule has 6 aromatic rings. The van der Waals surface area contributed by atoms with E-state index in [-0.39, 0.29) is 11.4 Å². The molecule has 0 saturated heterocycles. The molecule has 0 spiro atoms. The summed E-state index contributed by atoms with van der Waals surface area (Å²) in [5.41, 5.74) is 6.72. The Morgan fingerprint density at radius 2 is 1.64 bits per heavy atom. The van der Waals surface area contributed by atoms with Gasteiger partial charge in [-0.3, -0.25) is 9.20 Å². The molecule has 0 unspecified atom stereocenters. The van der Waals surface area contributed by atoms with Crippen LogP contribution in [0.25, 0.3) is 39.0 Å². The number of hydrogen-bond donors (Lipinski definition) is 0. The van der Waals surface area contributed by atoms with E-state index in [0.717, 1.165) is 33.6 Å². The maximum Gasteiger partial charge on any atom is 0.290 e. The monoisotopic (exact) mass is 479 g/mol. The quantitative estimate of drug-likeness (QED) is 0.298. The Bertz CT molecular complexity index is 1780. The molecule has 178 valence electrons. The van der Waals surface area contributed by atoms with Crippen LogP contribution in [-0.2, 0) is 13.7 Å². The van der Waals surface area contributed by atoms with E-state index in [1.54, 1.807) is 25.2 Å². The van der Waals surface area contributed by atoms with E-state index in [9.17, 15) is 9.18 Å². The predicted octanol–water partition coefficient (Wildman–Crippen LogP) is 6.14. The molecule has 0 N–H and O–H groups in total. The number of halogens is 1. The number of fused-ring (bicyclic) bond motifs is 2. The fraction of sp³-hybridized carbons (Fsp3) is 0.103. The molecule has 0 bridgehead atoms. The molecule has 0 saturated carbocycles. The lowest BCUT2D eigenvalue weighted by molar-refractivity contribution is 0.308. The minimum Gasteiger partial charge on any atom is -0.485 e. The van der Waals surface area contributed by atoms with Crippen molar-refractivity contribution in [3.05, 3.63) is 112 Å². The fourth-order valence-electron chi connectivity index (χ4n) is 4.49. The van der Waals surface area contributed by atoms with E-state index in [2.05, 4.69) is 0 Å². The highest BCUT2D eigenvalue weighted by molar-refractivity contribution is 5.83. The average Bonchev–Trinajstić information content (AvgIpc) is 3.38. The SMILES string of the molecule is Cc1nc2c(OCc3ccc(-c4ccc(F)cc4)cc3)cccn2c1-c1ccc2c(=O)n(C)oc2c1. The largest absolute Gasteiger partial charge is 0.485 e. The van der Waals surface area contributed by atoms with Gasteiger partial charge in [0.25, 0.3) is 5.56 Å². The number of ether oxygens (including phenoxy) is 1. The van der Waals surface area contributed by atoms with Gasteiger partial charge in [-0.2, -0.15) is 4.74 Å². The van der Waals surface area contributed by atoms with Gasteiger partial charge in [0.2, 0.25) is 0 Å². The lowest BCUT2D eigenvalue weighted by Crippen LogP contribution is -2.08. The lowest BCUT2D eigenvalue weighted by Gasteiger charge is -2.09. The van der Waals surface area contributed by atoms with Crippen LogP contribution in [0.2, 0.25) is 0 Å². The van der Waals surface area contributed by atoms with Gasteiger partial charge in [-0.15, -0.1) is 0 Å². The number of aryl methyl sites for hydroxylation is 2. The average molecular weight is 480 g/mol. The number of rotatable bonds is 5. The highest BCUT2D eigenvalue weighted by atomic mass is 19.1. The van der Waals surface area contributed by atoms with Crippen LogP contribution in [0.1, 0.15) is 11.3 Å². The van der Waals surface area contributed by atoms with Crippen molar-refractivity contribution in [3.63, 3.8) is 0 Å². The smallest absolute Gasteiger partial charge is 0.290 e. The molecule has 0 atom stereocenters. The highest BCUT2D eigenvalue weighted by Gasteiger charge is 2.16. The Morgan fingerprint density at radius 1 is 0.944 bits per heavy atom. The van der Waals surface area contributed by atoms with Crippen LogP contribution in [-0.4, -0.2) is 14.1 Å². The molecule has 6 nitrogen and oxygen atoms in total. The van der Waals surface area contributed by atoms with Crippen molar-refractivity contribution in [1.82, 2.24) is 14.1 Å². The van der Waals surface area contributed by atoms with Gasteiger partial charge >= 0.3 is 0 Å². The summed E-state index contributed by atoms with van der Waals surface area (Å²) in [6.07, 6.45) is 1.94. The first kappa shape index (κ1) is 21.9. The number of hydrogen-bond acceptors (Lipinski definition) is 4.